The third-order valence-electron chi connectivity index (χ3n) is 15.4. The minimum Gasteiger partial charge on any atom is -0.349 e. The molecule has 0 saturated heterocycles. The van der Waals surface area contributed by atoms with Crippen LogP contribution in [0.3, 0.4) is 0 Å². The van der Waals surface area contributed by atoms with Gasteiger partial charge in [-0.1, -0.05) is 165 Å². The molecule has 0 fully saturated rings. The van der Waals surface area contributed by atoms with Crippen molar-refractivity contribution in [3.05, 3.63) is 281 Å². The van der Waals surface area contributed by atoms with E-state index in [9.17, 15) is 0 Å². The minimum atomic E-state index is -0.476. The van der Waals surface area contributed by atoms with Crippen LogP contribution in [0.15, 0.2) is 228 Å². The first kappa shape index (κ1) is 49.0. The zero-order valence-electron chi connectivity index (χ0n) is 40.1. The SMILES string of the molecule is CC(C)(c1[c-]c2ccccc2cc1)c1[c-]ccc(N(c2cc(-c3[c-]cccc3)[c-]c(-c3ccc4ccccc4c3)c2)c2ccc3c(c2)C2C=CC=CC2(C)C32c3ccccc3Sc3cc(Cl)ccc32)c1.[U+2].[U+2]. The molecule has 0 aromatic heterocycles. The Labute approximate surface area is 480 Å². The quantitative estimate of drug-likeness (QED) is 0.146. The van der Waals surface area contributed by atoms with E-state index in [1.807, 2.05) is 23.9 Å². The van der Waals surface area contributed by atoms with Gasteiger partial charge in [0, 0.05) is 31.8 Å². The molecule has 3 aliphatic rings. The average Bonchev–Trinajstić information content (AvgIpc) is 3.62. The molecule has 1 nitrogen and oxygen atoms in total. The zero-order chi connectivity index (χ0) is 47.2. The van der Waals surface area contributed by atoms with Gasteiger partial charge in [-0.2, -0.15) is 53.6 Å². The Morgan fingerprint density at radius 1 is 0.542 bits per heavy atom. The van der Waals surface area contributed by atoms with Crippen LogP contribution in [0.25, 0.3) is 43.8 Å². The first-order valence-corrected chi connectivity index (χ1v) is 25.2. The molecule has 0 saturated carbocycles. The monoisotopic (exact) mass is 1410 g/mol. The zero-order valence-corrected chi connectivity index (χ0v) is 50.0. The van der Waals surface area contributed by atoms with Gasteiger partial charge in [-0.3, -0.25) is 0 Å². The van der Waals surface area contributed by atoms with Crippen LogP contribution in [-0.2, 0) is 10.8 Å². The number of rotatable bonds is 7. The van der Waals surface area contributed by atoms with E-state index < -0.39 is 10.8 Å². The van der Waals surface area contributed by atoms with Crippen LogP contribution in [0.4, 0.5) is 17.1 Å². The third kappa shape index (κ3) is 7.88. The van der Waals surface area contributed by atoms with Crippen LogP contribution >= 0.6 is 23.4 Å². The number of benzene rings is 10. The predicted molar refractivity (Wildman–Crippen MR) is 292 cm³/mol. The molecule has 1 heterocycles. The fourth-order valence-electron chi connectivity index (χ4n) is 11.9. The van der Waals surface area contributed by atoms with Crippen LogP contribution in [0.1, 0.15) is 60.1 Å². The Morgan fingerprint density at radius 3 is 2.14 bits per heavy atom. The van der Waals surface area contributed by atoms with E-state index in [-0.39, 0.29) is 73.6 Å². The first-order chi connectivity index (χ1) is 34.2. The molecule has 13 rings (SSSR count). The maximum atomic E-state index is 6.81. The Hall–Kier alpha value is -5.26. The summed E-state index contributed by atoms with van der Waals surface area (Å²) in [6.45, 7) is 7.04. The smallest absolute Gasteiger partial charge is 0.349 e. The summed E-state index contributed by atoms with van der Waals surface area (Å²) in [5, 5.41) is 5.44. The molecule has 2 aliphatic carbocycles. The van der Waals surface area contributed by atoms with E-state index in [0.717, 1.165) is 60.9 Å². The minimum absolute atomic E-state index is 0. The van der Waals surface area contributed by atoms with Gasteiger partial charge in [0.05, 0.1) is 5.41 Å². The molecule has 0 N–H and O–H groups in total. The van der Waals surface area contributed by atoms with Gasteiger partial charge in [-0.15, -0.1) is 82.6 Å². The molecule has 1 spiro atoms. The van der Waals surface area contributed by atoms with Crippen LogP contribution in [-0.4, -0.2) is 0 Å². The second kappa shape index (κ2) is 19.2. The summed E-state index contributed by atoms with van der Waals surface area (Å²) < 4.78 is 0. The molecule has 340 valence electrons. The molecule has 0 bridgehead atoms. The van der Waals surface area contributed by atoms with Crippen LogP contribution < -0.4 is 4.90 Å². The van der Waals surface area contributed by atoms with Crippen LogP contribution in [0.2, 0.25) is 5.02 Å². The van der Waals surface area contributed by atoms with Crippen molar-refractivity contribution in [2.45, 2.75) is 47.3 Å². The van der Waals surface area contributed by atoms with Crippen molar-refractivity contribution in [2.75, 3.05) is 4.90 Å². The number of nitrogens with zero attached hydrogens (tertiary/aromatic N) is 1. The number of hydrogen-bond donors (Lipinski definition) is 0. The van der Waals surface area contributed by atoms with Gasteiger partial charge in [0.2, 0.25) is 0 Å². The number of fused-ring (bicyclic) bond motifs is 11. The number of hydrogen-bond acceptors (Lipinski definition) is 2. The van der Waals surface area contributed by atoms with Crippen LogP contribution in [0.5, 0.6) is 0 Å². The van der Waals surface area contributed by atoms with E-state index in [1.165, 1.54) is 48.2 Å². The van der Waals surface area contributed by atoms with Crippen LogP contribution in [0, 0.1) is 91.9 Å². The molecule has 0 radical (unpaired) electrons. The van der Waals surface area contributed by atoms with Gasteiger partial charge in [0.1, 0.15) is 0 Å². The van der Waals surface area contributed by atoms with Crippen molar-refractivity contribution in [3.63, 3.8) is 0 Å². The first-order valence-electron chi connectivity index (χ1n) is 24.0. The van der Waals surface area contributed by atoms with Gasteiger partial charge in [0.25, 0.3) is 0 Å². The van der Waals surface area contributed by atoms with Gasteiger partial charge < -0.3 is 4.90 Å². The third-order valence-corrected chi connectivity index (χ3v) is 16.8. The summed E-state index contributed by atoms with van der Waals surface area (Å²) in [5.41, 5.74) is 13.5. The maximum absolute atomic E-state index is 6.81. The molecule has 3 atom stereocenters. The Bertz CT molecular complexity index is 3800. The summed E-state index contributed by atoms with van der Waals surface area (Å²) >= 11 is 8.64. The summed E-state index contributed by atoms with van der Waals surface area (Å²) in [4.78, 5) is 4.93. The molecule has 3 unspecified atom stereocenters. The standard InChI is InChI=1S/C67H46ClNS.2U/c1-65(2,53-30-29-46-19-8-10-21-48(46)38-53)52-22-15-23-55(41-52)69(57-39-50(44-16-5-4-6-17-44)37-51(40-57)49-28-27-45-18-7-9-20-47(45)36-49)56-32-34-60-58(43-56)59-24-13-14-35-66(59,3)67(60)61-25-11-12-26-63(61)70-64-42-54(68)31-33-62(64)67;;/h4-16,18-21,23-36,39-43,59H,1-3H3;;/q-4;2*+2. The molecule has 10 aromatic carbocycles. The van der Waals surface area contributed by atoms with E-state index in [1.54, 1.807) is 0 Å². The largest absolute Gasteiger partial charge is 2.00 e. The van der Waals surface area contributed by atoms with Crippen molar-refractivity contribution in [2.24, 2.45) is 5.41 Å². The van der Waals surface area contributed by atoms with Gasteiger partial charge >= 0.3 is 62.2 Å². The van der Waals surface area contributed by atoms with Gasteiger partial charge in [0.15, 0.2) is 0 Å². The summed E-state index contributed by atoms with van der Waals surface area (Å²) in [7, 11) is 0. The number of allylic oxidation sites excluding steroid dienone is 4. The number of anilines is 3. The van der Waals surface area contributed by atoms with Gasteiger partial charge in [-0.25, -0.2) is 5.56 Å². The molecular weight excluding hydrogens is 1360 g/mol. The fraction of sp³-hybridized carbons (Fsp3) is 0.104. The van der Waals surface area contributed by atoms with E-state index in [4.69, 9.17) is 11.6 Å². The molecular formula is C67H46ClNSU2. The van der Waals surface area contributed by atoms with Crippen molar-refractivity contribution >= 4 is 62.0 Å². The molecule has 0 amide bonds. The second-order valence-corrected chi connectivity index (χ2v) is 21.2. The van der Waals surface area contributed by atoms with Crippen molar-refractivity contribution in [3.8, 4) is 22.3 Å². The summed E-state index contributed by atoms with van der Waals surface area (Å²) in [6, 6.07) is 85.4. The molecule has 1 aliphatic heterocycles. The Morgan fingerprint density at radius 2 is 1.28 bits per heavy atom. The van der Waals surface area contributed by atoms with Crippen molar-refractivity contribution in [1.82, 2.24) is 0 Å². The topological polar surface area (TPSA) is 3.24 Å². The van der Waals surface area contributed by atoms with Gasteiger partial charge in [-0.05, 0) is 74.5 Å². The Kier molecular flexibility index (Phi) is 13.1. The molecule has 72 heavy (non-hydrogen) atoms. The number of halogens is 1. The fourth-order valence-corrected chi connectivity index (χ4v) is 13.4. The van der Waals surface area contributed by atoms with Crippen molar-refractivity contribution < 1.29 is 62.2 Å². The average molecular weight is 1410 g/mol. The van der Waals surface area contributed by atoms with E-state index >= 15 is 0 Å². The summed E-state index contributed by atoms with van der Waals surface area (Å²) in [6.07, 6.45) is 9.39. The van der Waals surface area contributed by atoms with E-state index in [2.05, 4.69) is 256 Å². The normalized spacial score (nSPS) is 18.1. The second-order valence-electron chi connectivity index (χ2n) is 19.6. The predicted octanol–water partition coefficient (Wildman–Crippen LogP) is 18.0. The Balaban J connectivity index is 0.00000280. The van der Waals surface area contributed by atoms with Crippen molar-refractivity contribution in [1.29, 1.82) is 0 Å². The maximum Gasteiger partial charge on any atom is 2.00 e. The molecule has 10 aromatic rings. The van der Waals surface area contributed by atoms with E-state index in [0.29, 0.717) is 0 Å². The summed E-state index contributed by atoms with van der Waals surface area (Å²) in [5.74, 6) is 0.0859. The molecule has 5 heteroatoms.